The first-order valence-corrected chi connectivity index (χ1v) is 11.2. The van der Waals surface area contributed by atoms with Crippen molar-refractivity contribution in [2.24, 2.45) is 0 Å². The van der Waals surface area contributed by atoms with Crippen LogP contribution in [0.5, 0.6) is 0 Å². The molecule has 0 bridgehead atoms. The molecular weight excluding hydrogens is 490 g/mol. The monoisotopic (exact) mass is 505 g/mol. The average molecular weight is 507 g/mol. The minimum Gasteiger partial charge on any atom is -0.481 e. The van der Waals surface area contributed by atoms with Crippen LogP contribution in [0.25, 0.3) is 11.1 Å². The number of amides is 1. The van der Waals surface area contributed by atoms with Gasteiger partial charge in [0.1, 0.15) is 10.9 Å². The molecule has 3 aromatic rings. The number of hydrogen-bond donors (Lipinski definition) is 2. The molecule has 5 nitrogen and oxygen atoms in total. The number of benzene rings is 2. The molecule has 1 atom stereocenters. The van der Waals surface area contributed by atoms with Crippen LogP contribution in [0.1, 0.15) is 34.4 Å². The number of nitrogens with one attached hydrogen (secondary N) is 1. The van der Waals surface area contributed by atoms with Crippen molar-refractivity contribution in [1.82, 2.24) is 5.32 Å². The Balaban J connectivity index is 1.48. The van der Waals surface area contributed by atoms with Crippen LogP contribution in [0.3, 0.4) is 0 Å². The summed E-state index contributed by atoms with van der Waals surface area (Å²) in [4.78, 5) is 24.4. The molecule has 0 radical (unpaired) electrons. The first-order valence-electron chi connectivity index (χ1n) is 9.22. The fourth-order valence-electron chi connectivity index (χ4n) is 3.71. The molecule has 0 saturated heterocycles. The lowest BCUT2D eigenvalue weighted by Crippen LogP contribution is -2.31. The number of carboxylic acids is 1. The van der Waals surface area contributed by atoms with Crippen LogP contribution in [-0.4, -0.2) is 23.8 Å². The van der Waals surface area contributed by atoms with Crippen LogP contribution < -0.4 is 5.32 Å². The summed E-state index contributed by atoms with van der Waals surface area (Å²) in [5.41, 5.74) is 4.51. The zero-order valence-electron chi connectivity index (χ0n) is 15.6. The second kappa shape index (κ2) is 8.79. The number of thiophene rings is 1. The topological polar surface area (TPSA) is 75.6 Å². The highest BCUT2D eigenvalue weighted by molar-refractivity contribution is 9.10. The van der Waals surface area contributed by atoms with Crippen molar-refractivity contribution in [3.8, 4) is 11.1 Å². The molecule has 4 rings (SSSR count). The summed E-state index contributed by atoms with van der Waals surface area (Å²) < 4.78 is 6.68. The van der Waals surface area contributed by atoms with E-state index in [9.17, 15) is 14.7 Å². The van der Waals surface area contributed by atoms with Gasteiger partial charge in [0.15, 0.2) is 0 Å². The summed E-state index contributed by atoms with van der Waals surface area (Å²) in [6.45, 7) is 0.161. The number of carbonyl (C=O) groups excluding carboxylic acids is 1. The standard InChI is InChI=1S/C22H17BrClNO4S/c23-17-9-19(30-21(17)24)18(10-20(26)27)25-22(28)29-11-16-14-7-3-1-5-12(14)13-6-2-4-8-15(13)16/h1-9,16,18H,10-11H2,(H,25,28)(H,26,27). The number of carbonyl (C=O) groups is 2. The number of carboxylic acid groups (broad SMARTS) is 1. The molecule has 2 aromatic carbocycles. The van der Waals surface area contributed by atoms with E-state index in [2.05, 4.69) is 33.4 Å². The molecule has 30 heavy (non-hydrogen) atoms. The van der Waals surface area contributed by atoms with Crippen LogP contribution in [0.15, 0.2) is 59.1 Å². The Hall–Kier alpha value is -2.35. The number of halogens is 2. The van der Waals surface area contributed by atoms with Gasteiger partial charge in [0, 0.05) is 15.3 Å². The van der Waals surface area contributed by atoms with Crippen molar-refractivity contribution >= 4 is 50.9 Å². The van der Waals surface area contributed by atoms with Gasteiger partial charge in [-0.25, -0.2) is 4.79 Å². The minimum atomic E-state index is -1.03. The summed E-state index contributed by atoms with van der Waals surface area (Å²) in [5.74, 6) is -1.09. The van der Waals surface area contributed by atoms with Gasteiger partial charge in [-0.05, 0) is 44.3 Å². The highest BCUT2D eigenvalue weighted by Crippen LogP contribution is 2.44. The van der Waals surface area contributed by atoms with Gasteiger partial charge in [0.25, 0.3) is 0 Å². The van der Waals surface area contributed by atoms with E-state index in [1.165, 1.54) is 11.3 Å². The van der Waals surface area contributed by atoms with Crippen LogP contribution in [0.2, 0.25) is 4.34 Å². The van der Waals surface area contributed by atoms with Crippen LogP contribution in [-0.2, 0) is 9.53 Å². The first kappa shape index (κ1) is 20.9. The molecule has 0 spiro atoms. The summed E-state index contributed by atoms with van der Waals surface area (Å²) in [6, 6.07) is 17.1. The SMILES string of the molecule is O=C(O)CC(NC(=O)OCC1c2ccccc2-c2ccccc21)c1cc(Br)c(Cl)s1. The van der Waals surface area contributed by atoms with E-state index in [-0.39, 0.29) is 18.9 Å². The van der Waals surface area contributed by atoms with Crippen LogP contribution >= 0.6 is 38.9 Å². The molecule has 0 saturated carbocycles. The van der Waals surface area contributed by atoms with Crippen LogP contribution in [0.4, 0.5) is 4.79 Å². The van der Waals surface area contributed by atoms with Gasteiger partial charge in [-0.15, -0.1) is 11.3 Å². The molecule has 0 aliphatic heterocycles. The third kappa shape index (κ3) is 4.24. The number of ether oxygens (including phenoxy) is 1. The second-order valence-corrected chi connectivity index (χ2v) is 9.43. The number of fused-ring (bicyclic) bond motifs is 3. The van der Waals surface area contributed by atoms with Crippen molar-refractivity contribution in [3.05, 3.63) is 79.4 Å². The highest BCUT2D eigenvalue weighted by atomic mass is 79.9. The zero-order valence-corrected chi connectivity index (χ0v) is 18.8. The van der Waals surface area contributed by atoms with Crippen molar-refractivity contribution in [3.63, 3.8) is 0 Å². The molecular formula is C22H17BrClNO4S. The second-order valence-electron chi connectivity index (χ2n) is 6.89. The summed E-state index contributed by atoms with van der Waals surface area (Å²) >= 11 is 10.6. The quantitative estimate of drug-likeness (QED) is 0.416. The predicted octanol–water partition coefficient (Wildman–Crippen LogP) is 6.22. The van der Waals surface area contributed by atoms with Crippen molar-refractivity contribution in [2.75, 3.05) is 6.61 Å². The van der Waals surface area contributed by atoms with Gasteiger partial charge in [0.2, 0.25) is 0 Å². The van der Waals surface area contributed by atoms with E-state index in [4.69, 9.17) is 16.3 Å². The lowest BCUT2D eigenvalue weighted by molar-refractivity contribution is -0.137. The molecule has 154 valence electrons. The number of alkyl carbamates (subject to hydrolysis) is 1. The summed E-state index contributed by atoms with van der Waals surface area (Å²) in [5, 5.41) is 11.9. The molecule has 2 N–H and O–H groups in total. The van der Waals surface area contributed by atoms with Gasteiger partial charge in [0.05, 0.1) is 12.5 Å². The van der Waals surface area contributed by atoms with E-state index < -0.39 is 18.1 Å². The van der Waals surface area contributed by atoms with E-state index in [0.29, 0.717) is 13.7 Å². The maximum Gasteiger partial charge on any atom is 0.407 e. The molecule has 1 aromatic heterocycles. The maximum absolute atomic E-state index is 12.5. The fourth-order valence-corrected chi connectivity index (χ4v) is 5.50. The number of rotatable bonds is 6. The van der Waals surface area contributed by atoms with Gasteiger partial charge < -0.3 is 15.2 Å². The Bertz CT molecular complexity index is 1050. The van der Waals surface area contributed by atoms with E-state index in [1.54, 1.807) is 6.07 Å². The fraction of sp³-hybridized carbons (Fsp3) is 0.182. The number of hydrogen-bond acceptors (Lipinski definition) is 4. The lowest BCUT2D eigenvalue weighted by atomic mass is 9.98. The smallest absolute Gasteiger partial charge is 0.407 e. The third-order valence-corrected chi connectivity index (χ3v) is 7.61. The van der Waals surface area contributed by atoms with E-state index in [0.717, 1.165) is 22.3 Å². The van der Waals surface area contributed by atoms with Gasteiger partial charge in [-0.1, -0.05) is 60.1 Å². The van der Waals surface area contributed by atoms with Gasteiger partial charge >= 0.3 is 12.1 Å². The molecule has 1 amide bonds. The zero-order chi connectivity index (χ0) is 21.3. The molecule has 8 heteroatoms. The van der Waals surface area contributed by atoms with Gasteiger partial charge in [-0.2, -0.15) is 0 Å². The maximum atomic E-state index is 12.5. The third-order valence-electron chi connectivity index (χ3n) is 5.02. The Morgan fingerprint density at radius 2 is 1.73 bits per heavy atom. The summed E-state index contributed by atoms with van der Waals surface area (Å²) in [7, 11) is 0. The van der Waals surface area contributed by atoms with Crippen molar-refractivity contribution in [1.29, 1.82) is 0 Å². The molecule has 1 aliphatic carbocycles. The van der Waals surface area contributed by atoms with Crippen molar-refractivity contribution < 1.29 is 19.4 Å². The number of aliphatic carboxylic acids is 1. The summed E-state index contributed by atoms with van der Waals surface area (Å²) in [6.07, 6.45) is -0.934. The molecule has 0 fully saturated rings. The Morgan fingerprint density at radius 1 is 1.13 bits per heavy atom. The first-order chi connectivity index (χ1) is 14.4. The molecule has 1 heterocycles. The highest BCUT2D eigenvalue weighted by Gasteiger charge is 2.29. The molecule has 1 unspecified atom stereocenters. The normalized spacial score (nSPS) is 13.4. The Morgan fingerprint density at radius 3 is 2.27 bits per heavy atom. The predicted molar refractivity (Wildman–Crippen MR) is 120 cm³/mol. The van der Waals surface area contributed by atoms with Gasteiger partial charge in [-0.3, -0.25) is 4.79 Å². The minimum absolute atomic E-state index is 0.0635. The Kier molecular flexibility index (Phi) is 6.13. The lowest BCUT2D eigenvalue weighted by Gasteiger charge is -2.18. The van der Waals surface area contributed by atoms with Crippen LogP contribution in [0, 0.1) is 0 Å². The van der Waals surface area contributed by atoms with E-state index in [1.807, 2.05) is 36.4 Å². The molecule has 1 aliphatic rings. The van der Waals surface area contributed by atoms with E-state index >= 15 is 0 Å². The average Bonchev–Trinajstić information content (AvgIpc) is 3.23. The van der Waals surface area contributed by atoms with Crippen molar-refractivity contribution in [2.45, 2.75) is 18.4 Å². The largest absolute Gasteiger partial charge is 0.481 e. The Labute approximate surface area is 190 Å².